The number of aliphatic imine (C=N–C) groups is 1. The van der Waals surface area contributed by atoms with Crippen LogP contribution in [-0.2, 0) is 16.0 Å². The summed E-state index contributed by atoms with van der Waals surface area (Å²) < 4.78 is 25.3. The van der Waals surface area contributed by atoms with Crippen LogP contribution in [0.5, 0.6) is 0 Å². The third kappa shape index (κ3) is 2.57. The van der Waals surface area contributed by atoms with Gasteiger partial charge in [-0.3, -0.25) is 4.79 Å². The van der Waals surface area contributed by atoms with Crippen molar-refractivity contribution in [1.29, 1.82) is 0 Å². The lowest BCUT2D eigenvalue weighted by Gasteiger charge is -1.98. The van der Waals surface area contributed by atoms with Crippen LogP contribution < -0.4 is 0 Å². The lowest BCUT2D eigenvalue weighted by Crippen LogP contribution is -2.01. The van der Waals surface area contributed by atoms with E-state index in [1.54, 1.807) is 0 Å². The van der Waals surface area contributed by atoms with Gasteiger partial charge in [0.05, 0.1) is 6.42 Å². The molecule has 0 radical (unpaired) electrons. The summed E-state index contributed by atoms with van der Waals surface area (Å²) in [5, 5.41) is 0. The van der Waals surface area contributed by atoms with Crippen molar-refractivity contribution in [3.8, 4) is 0 Å². The van der Waals surface area contributed by atoms with Gasteiger partial charge < -0.3 is 0 Å². The van der Waals surface area contributed by atoms with Crippen LogP contribution in [0.2, 0.25) is 0 Å². The van der Waals surface area contributed by atoms with Gasteiger partial charge in [-0.25, -0.2) is 13.6 Å². The van der Waals surface area contributed by atoms with Crippen molar-refractivity contribution in [1.82, 2.24) is 0 Å². The van der Waals surface area contributed by atoms with Gasteiger partial charge in [-0.05, 0) is 11.6 Å². The molecule has 0 fully saturated rings. The molecule has 0 spiro atoms. The van der Waals surface area contributed by atoms with E-state index in [0.29, 0.717) is 6.07 Å². The average molecular weight is 197 g/mol. The Morgan fingerprint density at radius 2 is 2.14 bits per heavy atom. The van der Waals surface area contributed by atoms with E-state index in [0.717, 1.165) is 18.2 Å². The lowest BCUT2D eigenvalue weighted by molar-refractivity contribution is -0.117. The first-order valence-electron chi connectivity index (χ1n) is 3.68. The monoisotopic (exact) mass is 197 g/mol. The molecule has 0 aliphatic rings. The number of isocyanates is 1. The van der Waals surface area contributed by atoms with E-state index >= 15 is 0 Å². The van der Waals surface area contributed by atoms with Gasteiger partial charge in [0.2, 0.25) is 6.08 Å². The highest BCUT2D eigenvalue weighted by Crippen LogP contribution is 2.10. The number of carbonyl (C=O) groups is 1. The number of nitrogens with zero attached hydrogens (tertiary/aromatic N) is 1. The van der Waals surface area contributed by atoms with Crippen LogP contribution in [0, 0.1) is 11.6 Å². The van der Waals surface area contributed by atoms with E-state index in [9.17, 15) is 18.4 Å². The number of hydrogen-bond donors (Lipinski definition) is 0. The van der Waals surface area contributed by atoms with Crippen molar-refractivity contribution in [3.63, 3.8) is 0 Å². The second kappa shape index (κ2) is 4.39. The molecule has 14 heavy (non-hydrogen) atoms. The quantitative estimate of drug-likeness (QED) is 0.531. The van der Waals surface area contributed by atoms with E-state index in [4.69, 9.17) is 0 Å². The zero-order chi connectivity index (χ0) is 10.6. The summed E-state index contributed by atoms with van der Waals surface area (Å²) in [4.78, 5) is 23.2. The fourth-order valence-corrected chi connectivity index (χ4v) is 0.918. The van der Waals surface area contributed by atoms with Gasteiger partial charge in [0.1, 0.15) is 11.6 Å². The van der Waals surface area contributed by atoms with Gasteiger partial charge in [0.25, 0.3) is 5.91 Å². The average Bonchev–Trinajstić information content (AvgIpc) is 2.10. The summed E-state index contributed by atoms with van der Waals surface area (Å²) >= 11 is 0. The molecule has 1 amide bonds. The number of halogens is 2. The topological polar surface area (TPSA) is 46.5 Å². The highest BCUT2D eigenvalue weighted by atomic mass is 19.1. The van der Waals surface area contributed by atoms with Crippen molar-refractivity contribution in [2.45, 2.75) is 6.42 Å². The molecule has 0 aliphatic heterocycles. The maximum absolute atomic E-state index is 12.9. The van der Waals surface area contributed by atoms with Crippen LogP contribution in [0.25, 0.3) is 0 Å². The molecule has 5 heteroatoms. The number of benzene rings is 1. The van der Waals surface area contributed by atoms with Crippen LogP contribution in [0.4, 0.5) is 8.78 Å². The van der Waals surface area contributed by atoms with Gasteiger partial charge in [-0.2, -0.15) is 0 Å². The summed E-state index contributed by atoms with van der Waals surface area (Å²) in [7, 11) is 0. The van der Waals surface area contributed by atoms with E-state index in [1.165, 1.54) is 0 Å². The Morgan fingerprint density at radius 3 is 2.71 bits per heavy atom. The zero-order valence-corrected chi connectivity index (χ0v) is 6.96. The van der Waals surface area contributed by atoms with Crippen LogP contribution in [-0.4, -0.2) is 12.0 Å². The molecule has 0 aromatic heterocycles. The van der Waals surface area contributed by atoms with E-state index in [2.05, 4.69) is 4.99 Å². The molecule has 0 N–H and O–H groups in total. The molecule has 0 aliphatic carbocycles. The number of amides is 1. The van der Waals surface area contributed by atoms with Gasteiger partial charge >= 0.3 is 0 Å². The summed E-state index contributed by atoms with van der Waals surface area (Å²) in [5.41, 5.74) is -0.00426. The first kappa shape index (κ1) is 10.2. The Bertz CT molecular complexity index is 411. The van der Waals surface area contributed by atoms with E-state index < -0.39 is 17.5 Å². The van der Waals surface area contributed by atoms with Crippen molar-refractivity contribution in [3.05, 3.63) is 35.4 Å². The van der Waals surface area contributed by atoms with Crippen LogP contribution >= 0.6 is 0 Å². The first-order valence-corrected chi connectivity index (χ1v) is 3.68. The molecular formula is C9H5F2NO2. The summed E-state index contributed by atoms with van der Waals surface area (Å²) in [6.45, 7) is 0. The Kier molecular flexibility index (Phi) is 3.20. The molecule has 0 heterocycles. The predicted molar refractivity (Wildman–Crippen MR) is 43.2 cm³/mol. The first-order chi connectivity index (χ1) is 6.63. The molecule has 0 atom stereocenters. The van der Waals surface area contributed by atoms with Crippen LogP contribution in [0.3, 0.4) is 0 Å². The minimum absolute atomic E-state index is 0.00426. The fourth-order valence-electron chi connectivity index (χ4n) is 0.918. The number of hydrogen-bond acceptors (Lipinski definition) is 2. The Labute approximate surface area is 78.1 Å². The summed E-state index contributed by atoms with van der Waals surface area (Å²) in [5.74, 6) is -2.37. The number of carbonyl (C=O) groups excluding carboxylic acids is 2. The normalized spacial score (nSPS) is 9.29. The van der Waals surface area contributed by atoms with Crippen molar-refractivity contribution >= 4 is 12.0 Å². The summed E-state index contributed by atoms with van der Waals surface area (Å²) in [6.07, 6.45) is 0.674. The zero-order valence-electron chi connectivity index (χ0n) is 6.96. The molecule has 0 saturated carbocycles. The van der Waals surface area contributed by atoms with Gasteiger partial charge in [0, 0.05) is 6.07 Å². The minimum atomic E-state index is -0.834. The van der Waals surface area contributed by atoms with Crippen LogP contribution in [0.1, 0.15) is 5.56 Å². The smallest absolute Gasteiger partial charge is 0.260 e. The molecule has 0 saturated heterocycles. The fraction of sp³-hybridized carbons (Fsp3) is 0.111. The minimum Gasteiger partial charge on any atom is -0.271 e. The van der Waals surface area contributed by atoms with Gasteiger partial charge in [-0.1, -0.05) is 6.07 Å². The van der Waals surface area contributed by atoms with Crippen LogP contribution in [0.15, 0.2) is 23.2 Å². The van der Waals surface area contributed by atoms with E-state index in [-0.39, 0.29) is 12.0 Å². The molecule has 1 rings (SSSR count). The van der Waals surface area contributed by atoms with E-state index in [1.807, 2.05) is 0 Å². The van der Waals surface area contributed by atoms with Gasteiger partial charge in [-0.15, -0.1) is 4.99 Å². The number of rotatable bonds is 2. The highest BCUT2D eigenvalue weighted by molar-refractivity contribution is 5.83. The Hall–Kier alpha value is -1.87. The third-order valence-corrected chi connectivity index (χ3v) is 1.53. The Balaban J connectivity index is 2.87. The lowest BCUT2D eigenvalue weighted by atomic mass is 10.1. The maximum atomic E-state index is 12.9. The Morgan fingerprint density at radius 1 is 1.43 bits per heavy atom. The standard InChI is InChI=1S/C9H5F2NO2/c10-7-2-1-6(8(11)4-7)3-9(14)12-5-13/h1-2,4H,3H2. The molecule has 1 aromatic carbocycles. The molecular weight excluding hydrogens is 192 g/mol. The predicted octanol–water partition coefficient (Wildman–Crippen LogP) is 1.37. The molecule has 0 bridgehead atoms. The largest absolute Gasteiger partial charge is 0.271 e. The van der Waals surface area contributed by atoms with Crippen molar-refractivity contribution < 1.29 is 18.4 Å². The second-order valence-corrected chi connectivity index (χ2v) is 2.51. The summed E-state index contributed by atoms with van der Waals surface area (Å²) in [6, 6.07) is 2.81. The van der Waals surface area contributed by atoms with Gasteiger partial charge in [0.15, 0.2) is 0 Å². The molecule has 1 aromatic rings. The molecule has 0 unspecified atom stereocenters. The molecule has 72 valence electrons. The second-order valence-electron chi connectivity index (χ2n) is 2.51. The highest BCUT2D eigenvalue weighted by Gasteiger charge is 2.07. The SMILES string of the molecule is O=C=NC(=O)Cc1ccc(F)cc1F. The van der Waals surface area contributed by atoms with Crippen molar-refractivity contribution in [2.75, 3.05) is 0 Å². The van der Waals surface area contributed by atoms with Crippen molar-refractivity contribution in [2.24, 2.45) is 4.99 Å². The third-order valence-electron chi connectivity index (χ3n) is 1.53. The molecule has 3 nitrogen and oxygen atoms in total. The maximum Gasteiger partial charge on any atom is 0.260 e.